The van der Waals surface area contributed by atoms with Gasteiger partial charge in [-0.25, -0.2) is 14.4 Å². The molecule has 1 aliphatic rings. The van der Waals surface area contributed by atoms with Gasteiger partial charge in [-0.3, -0.25) is 4.79 Å². The van der Waals surface area contributed by atoms with Crippen molar-refractivity contribution in [1.29, 1.82) is 0 Å². The molecule has 0 aromatic carbocycles. The number of aliphatic imine (C=N–C) groups is 1. The van der Waals surface area contributed by atoms with E-state index in [9.17, 15) is 9.18 Å². The van der Waals surface area contributed by atoms with E-state index in [0.717, 1.165) is 5.70 Å². The lowest BCUT2D eigenvalue weighted by atomic mass is 10.0. The van der Waals surface area contributed by atoms with Crippen molar-refractivity contribution in [3.05, 3.63) is 34.9 Å². The number of nitrogens with one attached hydrogen (secondary N) is 2. The third-order valence-corrected chi connectivity index (χ3v) is 3.85. The van der Waals surface area contributed by atoms with E-state index in [2.05, 4.69) is 20.6 Å². The quantitative estimate of drug-likeness (QED) is 0.407. The molecule has 0 atom stereocenters. The second-order valence-electron chi connectivity index (χ2n) is 6.25. The van der Waals surface area contributed by atoms with Crippen LogP contribution in [0.15, 0.2) is 28.4 Å². The third-order valence-electron chi connectivity index (χ3n) is 3.85. The molecule has 0 unspecified atom stereocenters. The summed E-state index contributed by atoms with van der Waals surface area (Å²) in [5.41, 5.74) is 7.72. The lowest BCUT2D eigenvalue weighted by molar-refractivity contribution is -0.141. The highest BCUT2D eigenvalue weighted by Gasteiger charge is 2.34. The molecule has 1 aromatic heterocycles. The Morgan fingerprint density at radius 1 is 1.52 bits per heavy atom. The van der Waals surface area contributed by atoms with E-state index in [4.69, 9.17) is 10.5 Å². The molecule has 8 heteroatoms. The molecular formula is C17H24FN5O2. The van der Waals surface area contributed by atoms with Gasteiger partial charge in [-0.2, -0.15) is 0 Å². The zero-order valence-electron chi connectivity index (χ0n) is 14.9. The number of pyridine rings is 1. The first kappa shape index (κ1) is 18.9. The SMILES string of the molecule is CCOC(=O)CNC1=C(/C(N)=N\c2nc(C)ccc2F)CNC1(C)C. The molecule has 0 spiro atoms. The molecule has 0 bridgehead atoms. The van der Waals surface area contributed by atoms with E-state index in [1.54, 1.807) is 19.9 Å². The maximum atomic E-state index is 13.9. The van der Waals surface area contributed by atoms with Crippen molar-refractivity contribution in [2.45, 2.75) is 33.2 Å². The predicted molar refractivity (Wildman–Crippen MR) is 94.0 cm³/mol. The van der Waals surface area contributed by atoms with Gasteiger partial charge in [0.1, 0.15) is 12.4 Å². The number of halogens is 1. The molecule has 0 saturated carbocycles. The Balaban J connectivity index is 2.31. The summed E-state index contributed by atoms with van der Waals surface area (Å²) in [6, 6.07) is 2.87. The molecule has 7 nitrogen and oxygen atoms in total. The van der Waals surface area contributed by atoms with E-state index < -0.39 is 11.4 Å². The Morgan fingerprint density at radius 2 is 2.24 bits per heavy atom. The first-order chi connectivity index (χ1) is 11.7. The highest BCUT2D eigenvalue weighted by molar-refractivity contribution is 6.00. The topological polar surface area (TPSA) is 102 Å². The summed E-state index contributed by atoms with van der Waals surface area (Å²) < 4.78 is 18.8. The van der Waals surface area contributed by atoms with E-state index >= 15 is 0 Å². The number of amidine groups is 1. The number of hydrogen-bond donors (Lipinski definition) is 3. The van der Waals surface area contributed by atoms with Crippen LogP contribution in [0.4, 0.5) is 10.2 Å². The van der Waals surface area contributed by atoms with Gasteiger partial charge in [-0.1, -0.05) is 0 Å². The summed E-state index contributed by atoms with van der Waals surface area (Å²) in [4.78, 5) is 19.8. The molecule has 0 aliphatic carbocycles. The minimum atomic E-state index is -0.541. The first-order valence-electron chi connectivity index (χ1n) is 8.10. The number of rotatable bonds is 6. The summed E-state index contributed by atoms with van der Waals surface area (Å²) in [5.74, 6) is -0.805. The third kappa shape index (κ3) is 4.54. The van der Waals surface area contributed by atoms with Crippen LogP contribution in [0, 0.1) is 12.7 Å². The van der Waals surface area contributed by atoms with Crippen LogP contribution in [0.2, 0.25) is 0 Å². The average Bonchev–Trinajstić information content (AvgIpc) is 2.84. The normalized spacial score (nSPS) is 16.9. The second-order valence-corrected chi connectivity index (χ2v) is 6.25. The van der Waals surface area contributed by atoms with Crippen LogP contribution in [-0.2, 0) is 9.53 Å². The van der Waals surface area contributed by atoms with Gasteiger partial charge in [-0.05, 0) is 39.8 Å². The molecule has 0 radical (unpaired) electrons. The standard InChI is InChI=1S/C17H24FN5O2/c1-5-25-13(24)9-20-14-11(8-21-17(14,3)4)15(19)23-16-12(18)7-6-10(2)22-16/h6-7,20-21H,5,8-9H2,1-4H3,(H2,19,22,23). The van der Waals surface area contributed by atoms with Crippen molar-refractivity contribution in [2.24, 2.45) is 10.7 Å². The average molecular weight is 349 g/mol. The lowest BCUT2D eigenvalue weighted by Crippen LogP contribution is -2.42. The van der Waals surface area contributed by atoms with Crippen molar-refractivity contribution in [2.75, 3.05) is 19.7 Å². The van der Waals surface area contributed by atoms with Crippen LogP contribution in [0.5, 0.6) is 0 Å². The van der Waals surface area contributed by atoms with Crippen LogP contribution in [0.25, 0.3) is 0 Å². The summed E-state index contributed by atoms with van der Waals surface area (Å²) in [6.07, 6.45) is 0. The second kappa shape index (κ2) is 7.60. The van der Waals surface area contributed by atoms with Crippen LogP contribution >= 0.6 is 0 Å². The molecule has 2 heterocycles. The molecule has 0 amide bonds. The smallest absolute Gasteiger partial charge is 0.325 e. The van der Waals surface area contributed by atoms with Gasteiger partial charge < -0.3 is 21.1 Å². The fraction of sp³-hybridized carbons (Fsp3) is 0.471. The molecule has 1 aromatic rings. The predicted octanol–water partition coefficient (Wildman–Crippen LogP) is 1.31. The Kier molecular flexibility index (Phi) is 5.73. The van der Waals surface area contributed by atoms with Gasteiger partial charge in [0.15, 0.2) is 11.6 Å². The summed E-state index contributed by atoms with van der Waals surface area (Å²) >= 11 is 0. The molecule has 136 valence electrons. The van der Waals surface area contributed by atoms with E-state index in [-0.39, 0.29) is 24.2 Å². The molecule has 25 heavy (non-hydrogen) atoms. The Bertz CT molecular complexity index is 728. The zero-order chi connectivity index (χ0) is 18.6. The van der Waals surface area contributed by atoms with E-state index in [0.29, 0.717) is 24.4 Å². The van der Waals surface area contributed by atoms with Gasteiger partial charge in [-0.15, -0.1) is 0 Å². The Morgan fingerprint density at radius 3 is 2.92 bits per heavy atom. The first-order valence-corrected chi connectivity index (χ1v) is 8.10. The van der Waals surface area contributed by atoms with Crippen molar-refractivity contribution in [1.82, 2.24) is 15.6 Å². The van der Waals surface area contributed by atoms with Crippen molar-refractivity contribution >= 4 is 17.6 Å². The number of carbonyl (C=O) groups is 1. The van der Waals surface area contributed by atoms with Crippen LogP contribution in [0.3, 0.4) is 0 Å². The highest BCUT2D eigenvalue weighted by Crippen LogP contribution is 2.25. The van der Waals surface area contributed by atoms with Gasteiger partial charge in [0, 0.05) is 23.5 Å². The number of aromatic nitrogens is 1. The maximum absolute atomic E-state index is 13.9. The number of carbonyl (C=O) groups excluding carboxylic acids is 1. The number of esters is 1. The lowest BCUT2D eigenvalue weighted by Gasteiger charge is -2.24. The van der Waals surface area contributed by atoms with Gasteiger partial charge in [0.25, 0.3) is 0 Å². The molecule has 0 saturated heterocycles. The van der Waals surface area contributed by atoms with Gasteiger partial charge in [0.05, 0.1) is 12.1 Å². The Labute approximate surface area is 146 Å². The van der Waals surface area contributed by atoms with Crippen LogP contribution in [0.1, 0.15) is 26.5 Å². The van der Waals surface area contributed by atoms with Crippen molar-refractivity contribution in [3.63, 3.8) is 0 Å². The van der Waals surface area contributed by atoms with Gasteiger partial charge in [0.2, 0.25) is 0 Å². The van der Waals surface area contributed by atoms with Crippen LogP contribution in [-0.4, -0.2) is 42.0 Å². The monoisotopic (exact) mass is 349 g/mol. The molecule has 4 N–H and O–H groups in total. The number of aryl methyl sites for hydroxylation is 1. The molecular weight excluding hydrogens is 325 g/mol. The minimum Gasteiger partial charge on any atom is -0.465 e. The number of ether oxygens (including phenoxy) is 1. The number of nitrogens with two attached hydrogens (primary N) is 1. The van der Waals surface area contributed by atoms with E-state index in [1.165, 1.54) is 6.07 Å². The number of hydrogen-bond acceptors (Lipinski definition) is 6. The summed E-state index contributed by atoms with van der Waals surface area (Å²) in [6.45, 7) is 8.18. The largest absolute Gasteiger partial charge is 0.465 e. The molecule has 0 fully saturated rings. The molecule has 2 rings (SSSR count). The highest BCUT2D eigenvalue weighted by atomic mass is 19.1. The zero-order valence-corrected chi connectivity index (χ0v) is 14.9. The number of nitrogens with zero attached hydrogens (tertiary/aromatic N) is 2. The van der Waals surface area contributed by atoms with Crippen molar-refractivity contribution < 1.29 is 13.9 Å². The Hall–Kier alpha value is -2.48. The fourth-order valence-electron chi connectivity index (χ4n) is 2.57. The van der Waals surface area contributed by atoms with E-state index in [1.807, 2.05) is 13.8 Å². The van der Waals surface area contributed by atoms with Crippen molar-refractivity contribution in [3.8, 4) is 0 Å². The van der Waals surface area contributed by atoms with Crippen LogP contribution < -0.4 is 16.4 Å². The minimum absolute atomic E-state index is 0.0160. The summed E-state index contributed by atoms with van der Waals surface area (Å²) in [5, 5.41) is 6.35. The fourth-order valence-corrected chi connectivity index (χ4v) is 2.57. The molecule has 1 aliphatic heterocycles. The summed E-state index contributed by atoms with van der Waals surface area (Å²) in [7, 11) is 0. The van der Waals surface area contributed by atoms with Gasteiger partial charge >= 0.3 is 5.97 Å². The maximum Gasteiger partial charge on any atom is 0.325 e.